The third kappa shape index (κ3) is 2.38. The van der Waals surface area contributed by atoms with E-state index in [4.69, 9.17) is 10.00 Å². The molecule has 0 aromatic heterocycles. The molecule has 1 aliphatic carbocycles. The van der Waals surface area contributed by atoms with Crippen LogP contribution in [0.4, 0.5) is 0 Å². The van der Waals surface area contributed by atoms with Gasteiger partial charge < -0.3 is 15.0 Å². The Hall–Kier alpha value is -2.55. The summed E-state index contributed by atoms with van der Waals surface area (Å²) in [5.41, 5.74) is 1.94. The van der Waals surface area contributed by atoms with Crippen molar-refractivity contribution in [3.05, 3.63) is 29.3 Å². The second kappa shape index (κ2) is 6.80. The molecule has 2 unspecified atom stereocenters. The molecule has 1 spiro atoms. The number of amides is 2. The van der Waals surface area contributed by atoms with Crippen LogP contribution in [-0.2, 0) is 21.5 Å². The Balaban J connectivity index is 1.87. The molecule has 1 saturated heterocycles. The number of nitriles is 1. The number of methoxy groups -OCH3 is 1. The molecule has 6 heteroatoms. The molecule has 2 heterocycles. The molecule has 28 heavy (non-hydrogen) atoms. The zero-order valence-corrected chi connectivity index (χ0v) is 16.7. The van der Waals surface area contributed by atoms with E-state index >= 15 is 0 Å². The van der Waals surface area contributed by atoms with Gasteiger partial charge in [0.2, 0.25) is 11.8 Å². The van der Waals surface area contributed by atoms with Gasteiger partial charge in [0.25, 0.3) is 0 Å². The van der Waals surface area contributed by atoms with Gasteiger partial charge in [-0.2, -0.15) is 5.26 Å². The highest BCUT2D eigenvalue weighted by atomic mass is 16.5. The number of aryl methyl sites for hydroxylation is 1. The third-order valence-electron chi connectivity index (χ3n) is 7.41. The van der Waals surface area contributed by atoms with E-state index in [1.165, 1.54) is 11.1 Å². The third-order valence-corrected chi connectivity index (χ3v) is 7.41. The fourth-order valence-corrected chi connectivity index (χ4v) is 6.21. The molecular formula is C22H27N3O3. The van der Waals surface area contributed by atoms with Gasteiger partial charge in [-0.1, -0.05) is 19.9 Å². The SMILES string of the molecule is COc1ccc2c(c1)CCCN1C(=O)CC3[C@H](C(=O)NCC#N)[C@@H](C)[C@H](C)C231. The molecule has 3 aliphatic rings. The monoisotopic (exact) mass is 381 g/mol. The van der Waals surface area contributed by atoms with Crippen molar-refractivity contribution in [3.8, 4) is 11.8 Å². The second-order valence-electron chi connectivity index (χ2n) is 8.36. The Morgan fingerprint density at radius 1 is 1.43 bits per heavy atom. The zero-order chi connectivity index (χ0) is 20.1. The van der Waals surface area contributed by atoms with Crippen molar-refractivity contribution in [1.82, 2.24) is 10.2 Å². The Morgan fingerprint density at radius 2 is 2.21 bits per heavy atom. The van der Waals surface area contributed by atoms with Crippen molar-refractivity contribution in [2.24, 2.45) is 23.7 Å². The molecule has 6 nitrogen and oxygen atoms in total. The van der Waals surface area contributed by atoms with E-state index in [2.05, 4.69) is 36.2 Å². The number of rotatable bonds is 3. The lowest BCUT2D eigenvalue weighted by Gasteiger charge is -2.43. The Kier molecular flexibility index (Phi) is 4.57. The maximum absolute atomic E-state index is 13.1. The van der Waals surface area contributed by atoms with E-state index in [0.29, 0.717) is 6.42 Å². The molecule has 1 N–H and O–H groups in total. The van der Waals surface area contributed by atoms with Crippen LogP contribution >= 0.6 is 0 Å². The van der Waals surface area contributed by atoms with Crippen LogP contribution in [0.5, 0.6) is 5.75 Å². The largest absolute Gasteiger partial charge is 0.497 e. The van der Waals surface area contributed by atoms with Crippen molar-refractivity contribution in [3.63, 3.8) is 0 Å². The van der Waals surface area contributed by atoms with Crippen LogP contribution in [0.2, 0.25) is 0 Å². The van der Waals surface area contributed by atoms with Gasteiger partial charge in [0.1, 0.15) is 12.3 Å². The molecule has 0 bridgehead atoms. The first-order valence-electron chi connectivity index (χ1n) is 10.1. The maximum atomic E-state index is 13.1. The van der Waals surface area contributed by atoms with Gasteiger partial charge in [0.15, 0.2) is 0 Å². The normalized spacial score (nSPS) is 33.4. The highest BCUT2D eigenvalue weighted by molar-refractivity contribution is 5.86. The number of hydrogen-bond acceptors (Lipinski definition) is 4. The van der Waals surface area contributed by atoms with Crippen LogP contribution in [0.15, 0.2) is 18.2 Å². The smallest absolute Gasteiger partial charge is 0.224 e. The van der Waals surface area contributed by atoms with Crippen LogP contribution in [0, 0.1) is 35.0 Å². The average molecular weight is 381 g/mol. The predicted octanol–water partition coefficient (Wildman–Crippen LogP) is 2.23. The summed E-state index contributed by atoms with van der Waals surface area (Å²) in [6.07, 6.45) is 2.20. The van der Waals surface area contributed by atoms with E-state index in [1.54, 1.807) is 7.11 Å². The van der Waals surface area contributed by atoms with Gasteiger partial charge in [0.05, 0.1) is 18.7 Å². The van der Waals surface area contributed by atoms with Gasteiger partial charge in [0, 0.05) is 24.8 Å². The van der Waals surface area contributed by atoms with Gasteiger partial charge in [-0.25, -0.2) is 0 Å². The number of carbonyl (C=O) groups is 2. The topological polar surface area (TPSA) is 82.4 Å². The quantitative estimate of drug-likeness (QED) is 0.814. The van der Waals surface area contributed by atoms with Crippen LogP contribution < -0.4 is 10.1 Å². The second-order valence-corrected chi connectivity index (χ2v) is 8.36. The maximum Gasteiger partial charge on any atom is 0.224 e. The molecule has 4 rings (SSSR count). The average Bonchev–Trinajstić information content (AvgIpc) is 3.00. The summed E-state index contributed by atoms with van der Waals surface area (Å²) in [7, 11) is 1.67. The molecule has 1 aromatic rings. The van der Waals surface area contributed by atoms with E-state index in [9.17, 15) is 9.59 Å². The first-order chi connectivity index (χ1) is 13.5. The summed E-state index contributed by atoms with van der Waals surface area (Å²) < 4.78 is 5.44. The summed E-state index contributed by atoms with van der Waals surface area (Å²) in [6.45, 7) is 5.02. The van der Waals surface area contributed by atoms with Crippen molar-refractivity contribution in [1.29, 1.82) is 5.26 Å². The van der Waals surface area contributed by atoms with Crippen molar-refractivity contribution < 1.29 is 14.3 Å². The number of benzene rings is 1. The molecule has 1 aromatic carbocycles. The summed E-state index contributed by atoms with van der Waals surface area (Å²) >= 11 is 0. The Morgan fingerprint density at radius 3 is 2.93 bits per heavy atom. The predicted molar refractivity (Wildman–Crippen MR) is 103 cm³/mol. The van der Waals surface area contributed by atoms with Gasteiger partial charge in [-0.15, -0.1) is 0 Å². The Labute approximate surface area is 165 Å². The lowest BCUT2D eigenvalue weighted by atomic mass is 9.73. The summed E-state index contributed by atoms with van der Waals surface area (Å²) in [6, 6.07) is 8.16. The van der Waals surface area contributed by atoms with E-state index in [-0.39, 0.29) is 42.0 Å². The number of nitrogens with one attached hydrogen (secondary N) is 1. The first-order valence-corrected chi connectivity index (χ1v) is 10.1. The van der Waals surface area contributed by atoms with E-state index in [0.717, 1.165) is 25.1 Å². The minimum absolute atomic E-state index is 0.00159. The summed E-state index contributed by atoms with van der Waals surface area (Å²) in [5, 5.41) is 11.6. The van der Waals surface area contributed by atoms with Gasteiger partial charge in [-0.3, -0.25) is 9.59 Å². The minimum atomic E-state index is -0.455. The van der Waals surface area contributed by atoms with E-state index in [1.807, 2.05) is 12.1 Å². The van der Waals surface area contributed by atoms with Crippen LogP contribution in [-0.4, -0.2) is 36.9 Å². The molecule has 2 aliphatic heterocycles. The van der Waals surface area contributed by atoms with Crippen molar-refractivity contribution in [2.45, 2.75) is 38.6 Å². The van der Waals surface area contributed by atoms with Crippen LogP contribution in [0.1, 0.15) is 37.8 Å². The van der Waals surface area contributed by atoms with Crippen molar-refractivity contribution >= 4 is 11.8 Å². The summed E-state index contributed by atoms with van der Waals surface area (Å²) in [5.74, 6) is 0.785. The minimum Gasteiger partial charge on any atom is -0.497 e. The molecule has 148 valence electrons. The van der Waals surface area contributed by atoms with Crippen LogP contribution in [0.25, 0.3) is 0 Å². The van der Waals surface area contributed by atoms with E-state index < -0.39 is 5.54 Å². The molecule has 1 saturated carbocycles. The van der Waals surface area contributed by atoms with Gasteiger partial charge in [-0.05, 0) is 47.9 Å². The highest BCUT2D eigenvalue weighted by Gasteiger charge is 2.67. The molecule has 0 radical (unpaired) electrons. The molecule has 5 atom stereocenters. The first kappa shape index (κ1) is 18.8. The Bertz CT molecular complexity index is 861. The standard InChI is InChI=1S/C22H27N3O3/c1-13-14(2)22-17-7-6-16(28-3)11-15(17)5-4-10-25(22)19(26)12-18(22)20(13)21(27)24-9-8-23/h6-7,11,13-14,18,20H,4-5,9-10,12H2,1-3H3,(H,24,27)/t13-,14-,18?,20+,22?/m0/s1. The number of ether oxygens (including phenoxy) is 1. The lowest BCUT2D eigenvalue weighted by molar-refractivity contribution is -0.133. The molecule has 2 amide bonds. The highest BCUT2D eigenvalue weighted by Crippen LogP contribution is 2.63. The number of nitrogens with zero attached hydrogens (tertiary/aromatic N) is 2. The lowest BCUT2D eigenvalue weighted by Crippen LogP contribution is -2.49. The molecule has 2 fully saturated rings. The van der Waals surface area contributed by atoms with Crippen molar-refractivity contribution in [2.75, 3.05) is 20.2 Å². The number of hydrogen-bond donors (Lipinski definition) is 1. The fourth-order valence-electron chi connectivity index (χ4n) is 6.21. The molecular weight excluding hydrogens is 354 g/mol. The van der Waals surface area contributed by atoms with Crippen LogP contribution in [0.3, 0.4) is 0 Å². The van der Waals surface area contributed by atoms with Gasteiger partial charge >= 0.3 is 0 Å². The fraction of sp³-hybridized carbons (Fsp3) is 0.591. The summed E-state index contributed by atoms with van der Waals surface area (Å²) in [4.78, 5) is 28.1. The number of carbonyl (C=O) groups excluding carboxylic acids is 2. The number of fused-ring (bicyclic) bond motifs is 1. The zero-order valence-electron chi connectivity index (χ0n) is 16.7.